The van der Waals surface area contributed by atoms with Crippen molar-refractivity contribution in [2.24, 2.45) is 0 Å². The summed E-state index contributed by atoms with van der Waals surface area (Å²) in [5, 5.41) is 12.0. The summed E-state index contributed by atoms with van der Waals surface area (Å²) in [5.74, 6) is -0.617. The van der Waals surface area contributed by atoms with Gasteiger partial charge in [-0.05, 0) is 41.0 Å². The fraction of sp³-hybridized carbons (Fsp3) is 0.0870. The van der Waals surface area contributed by atoms with Gasteiger partial charge >= 0.3 is 0 Å². The van der Waals surface area contributed by atoms with Crippen LogP contribution in [0.15, 0.2) is 84.6 Å². The van der Waals surface area contributed by atoms with Gasteiger partial charge in [-0.25, -0.2) is 0 Å². The van der Waals surface area contributed by atoms with E-state index >= 15 is 0 Å². The molecule has 0 saturated carbocycles. The van der Waals surface area contributed by atoms with Gasteiger partial charge in [-0.3, -0.25) is 4.79 Å². The average molecular weight is 410 g/mol. The Morgan fingerprint density at radius 1 is 0.821 bits per heavy atom. The van der Waals surface area contributed by atoms with Gasteiger partial charge in [0.2, 0.25) is 0 Å². The molecule has 4 rings (SSSR count). The highest BCUT2D eigenvalue weighted by Crippen LogP contribution is 2.43. The monoisotopic (exact) mass is 409 g/mol. The fourth-order valence-corrected chi connectivity index (χ4v) is 3.76. The molecule has 1 heterocycles. The Labute approximate surface area is 173 Å². The minimum absolute atomic E-state index is 0.222. The van der Waals surface area contributed by atoms with Crippen LogP contribution >= 0.6 is 23.2 Å². The van der Waals surface area contributed by atoms with Crippen molar-refractivity contribution < 1.29 is 9.90 Å². The number of carbonyl (C=O) groups is 1. The van der Waals surface area contributed by atoms with Crippen molar-refractivity contribution in [3.8, 4) is 0 Å². The Bertz CT molecular complexity index is 1030. The van der Waals surface area contributed by atoms with Crippen LogP contribution in [0.5, 0.6) is 0 Å². The number of amides is 1. The normalized spacial score (nSPS) is 16.7. The SMILES string of the molecule is O=C1C(O)=C(c2ccccc2)[C@@H](c2ccc(Cl)cc2)N1Cc1ccc(Cl)cc1. The molecule has 28 heavy (non-hydrogen) atoms. The number of aliphatic hydroxyl groups is 1. The zero-order valence-corrected chi connectivity index (χ0v) is 16.4. The van der Waals surface area contributed by atoms with Crippen molar-refractivity contribution in [2.45, 2.75) is 12.6 Å². The summed E-state index contributed by atoms with van der Waals surface area (Å²) in [5.41, 5.74) is 3.22. The molecule has 1 aliphatic heterocycles. The first-order chi connectivity index (χ1) is 13.5. The van der Waals surface area contributed by atoms with Crippen LogP contribution in [0, 0.1) is 0 Å². The zero-order chi connectivity index (χ0) is 19.7. The Morgan fingerprint density at radius 3 is 2.00 bits per heavy atom. The van der Waals surface area contributed by atoms with E-state index in [9.17, 15) is 9.90 Å². The molecule has 1 atom stereocenters. The Morgan fingerprint density at radius 2 is 1.39 bits per heavy atom. The van der Waals surface area contributed by atoms with Crippen LogP contribution < -0.4 is 0 Å². The molecular weight excluding hydrogens is 393 g/mol. The van der Waals surface area contributed by atoms with Gasteiger partial charge in [-0.1, -0.05) is 77.8 Å². The molecule has 0 aromatic heterocycles. The maximum atomic E-state index is 13.0. The van der Waals surface area contributed by atoms with Crippen molar-refractivity contribution >= 4 is 34.7 Å². The van der Waals surface area contributed by atoms with Crippen molar-refractivity contribution in [1.29, 1.82) is 0 Å². The lowest BCUT2D eigenvalue weighted by Gasteiger charge is -2.27. The topological polar surface area (TPSA) is 40.5 Å². The van der Waals surface area contributed by atoms with E-state index in [4.69, 9.17) is 23.2 Å². The van der Waals surface area contributed by atoms with Crippen LogP contribution in [-0.2, 0) is 11.3 Å². The smallest absolute Gasteiger partial charge is 0.290 e. The number of halogens is 2. The van der Waals surface area contributed by atoms with Crippen LogP contribution in [-0.4, -0.2) is 15.9 Å². The van der Waals surface area contributed by atoms with E-state index in [0.29, 0.717) is 22.2 Å². The molecule has 0 radical (unpaired) electrons. The molecule has 1 N–H and O–H groups in total. The Hall–Kier alpha value is -2.75. The fourth-order valence-electron chi connectivity index (χ4n) is 3.51. The van der Waals surface area contributed by atoms with Gasteiger partial charge < -0.3 is 10.0 Å². The van der Waals surface area contributed by atoms with Crippen LogP contribution in [0.4, 0.5) is 0 Å². The lowest BCUT2D eigenvalue weighted by Crippen LogP contribution is -2.29. The minimum Gasteiger partial charge on any atom is -0.503 e. The third-order valence-corrected chi connectivity index (χ3v) is 5.34. The van der Waals surface area contributed by atoms with Crippen molar-refractivity contribution in [3.05, 3.63) is 111 Å². The lowest BCUT2D eigenvalue weighted by atomic mass is 9.93. The predicted molar refractivity (Wildman–Crippen MR) is 112 cm³/mol. The molecule has 3 aromatic rings. The summed E-state index contributed by atoms with van der Waals surface area (Å²) in [6, 6.07) is 23.8. The number of rotatable bonds is 4. The molecule has 3 nitrogen and oxygen atoms in total. The molecular formula is C23H17Cl2NO2. The molecule has 140 valence electrons. The maximum Gasteiger partial charge on any atom is 0.290 e. The van der Waals surface area contributed by atoms with E-state index in [1.165, 1.54) is 0 Å². The van der Waals surface area contributed by atoms with Gasteiger partial charge in [0.1, 0.15) is 0 Å². The summed E-state index contributed by atoms with van der Waals surface area (Å²) >= 11 is 12.0. The van der Waals surface area contributed by atoms with Crippen LogP contribution in [0.2, 0.25) is 10.0 Å². The number of aliphatic hydroxyl groups excluding tert-OH is 1. The van der Waals surface area contributed by atoms with Crippen molar-refractivity contribution in [1.82, 2.24) is 4.90 Å². The first kappa shape index (κ1) is 18.6. The quantitative estimate of drug-likeness (QED) is 0.569. The van der Waals surface area contributed by atoms with Gasteiger partial charge in [-0.15, -0.1) is 0 Å². The largest absolute Gasteiger partial charge is 0.503 e. The second-order valence-electron chi connectivity index (χ2n) is 6.64. The Balaban J connectivity index is 1.80. The molecule has 0 bridgehead atoms. The van der Waals surface area contributed by atoms with E-state index in [2.05, 4.69) is 0 Å². The first-order valence-electron chi connectivity index (χ1n) is 8.84. The molecule has 0 unspecified atom stereocenters. The molecule has 0 aliphatic carbocycles. The number of hydrogen-bond acceptors (Lipinski definition) is 2. The van der Waals surface area contributed by atoms with E-state index in [1.807, 2.05) is 54.6 Å². The summed E-state index contributed by atoms with van der Waals surface area (Å²) in [7, 11) is 0. The molecule has 3 aromatic carbocycles. The standard InChI is InChI=1S/C23H17Cl2NO2/c24-18-10-6-15(7-11-18)14-26-21(17-8-12-19(25)13-9-17)20(22(27)23(26)28)16-4-2-1-3-5-16/h1-13,21,27H,14H2/t21-/m1/s1. The van der Waals surface area contributed by atoms with Crippen molar-refractivity contribution in [3.63, 3.8) is 0 Å². The maximum absolute atomic E-state index is 13.0. The third kappa shape index (κ3) is 3.51. The summed E-state index contributed by atoms with van der Waals surface area (Å²) < 4.78 is 0. The van der Waals surface area contributed by atoms with Crippen LogP contribution in [0.25, 0.3) is 5.57 Å². The highest BCUT2D eigenvalue weighted by atomic mass is 35.5. The van der Waals surface area contributed by atoms with Crippen molar-refractivity contribution in [2.75, 3.05) is 0 Å². The molecule has 0 saturated heterocycles. The number of carbonyl (C=O) groups excluding carboxylic acids is 1. The second-order valence-corrected chi connectivity index (χ2v) is 7.51. The molecule has 0 spiro atoms. The van der Waals surface area contributed by atoms with E-state index in [0.717, 1.165) is 16.7 Å². The third-order valence-electron chi connectivity index (χ3n) is 4.84. The van der Waals surface area contributed by atoms with Gasteiger partial charge in [-0.2, -0.15) is 0 Å². The van der Waals surface area contributed by atoms with Crippen LogP contribution in [0.1, 0.15) is 22.7 Å². The van der Waals surface area contributed by atoms with Crippen LogP contribution in [0.3, 0.4) is 0 Å². The Kier molecular flexibility index (Phi) is 5.12. The second kappa shape index (κ2) is 7.70. The highest BCUT2D eigenvalue weighted by Gasteiger charge is 2.40. The summed E-state index contributed by atoms with van der Waals surface area (Å²) in [4.78, 5) is 14.6. The highest BCUT2D eigenvalue weighted by molar-refractivity contribution is 6.30. The van der Waals surface area contributed by atoms with Gasteiger partial charge in [0.05, 0.1) is 6.04 Å². The van der Waals surface area contributed by atoms with E-state index in [-0.39, 0.29) is 5.76 Å². The van der Waals surface area contributed by atoms with E-state index in [1.54, 1.807) is 29.2 Å². The number of hydrogen-bond donors (Lipinski definition) is 1. The van der Waals surface area contributed by atoms with E-state index < -0.39 is 11.9 Å². The zero-order valence-electron chi connectivity index (χ0n) is 14.8. The molecule has 1 aliphatic rings. The first-order valence-corrected chi connectivity index (χ1v) is 9.59. The number of nitrogens with zero attached hydrogens (tertiary/aromatic N) is 1. The number of benzene rings is 3. The molecule has 0 fully saturated rings. The molecule has 1 amide bonds. The lowest BCUT2D eigenvalue weighted by molar-refractivity contribution is -0.130. The minimum atomic E-state index is -0.414. The van der Waals surface area contributed by atoms with Gasteiger partial charge in [0, 0.05) is 22.2 Å². The average Bonchev–Trinajstić information content (AvgIpc) is 2.96. The molecule has 5 heteroatoms. The summed E-state index contributed by atoms with van der Waals surface area (Å²) in [6.07, 6.45) is 0. The van der Waals surface area contributed by atoms with Gasteiger partial charge in [0.15, 0.2) is 5.76 Å². The summed E-state index contributed by atoms with van der Waals surface area (Å²) in [6.45, 7) is 0.351. The predicted octanol–water partition coefficient (Wildman–Crippen LogP) is 6.05. The van der Waals surface area contributed by atoms with Gasteiger partial charge in [0.25, 0.3) is 5.91 Å².